The molecule has 0 amide bonds. The predicted molar refractivity (Wildman–Crippen MR) is 176 cm³/mol. The third-order valence-corrected chi connectivity index (χ3v) is 7.56. The summed E-state index contributed by atoms with van der Waals surface area (Å²) >= 11 is 29.3. The number of hydrogen-bond acceptors (Lipinski definition) is 8. The van der Waals surface area contributed by atoms with Crippen molar-refractivity contribution < 1.29 is 73.6 Å². The van der Waals surface area contributed by atoms with Gasteiger partial charge in [0.1, 0.15) is 18.2 Å². The normalized spacial score (nSPS) is 10.0. The van der Waals surface area contributed by atoms with Crippen molar-refractivity contribution in [1.82, 2.24) is 0 Å². The Morgan fingerprint density at radius 2 is 1.05 bits per heavy atom. The number of methoxy groups -OCH3 is 2. The molecule has 0 aliphatic rings. The Labute approximate surface area is 315 Å². The summed E-state index contributed by atoms with van der Waals surface area (Å²) in [6, 6.07) is 5.85. The van der Waals surface area contributed by atoms with E-state index >= 15 is 0 Å². The zero-order valence-electron chi connectivity index (χ0n) is 24.7. The molecule has 0 aliphatic carbocycles. The first-order chi connectivity index (χ1) is 19.7. The Hall–Kier alpha value is 1.01. The van der Waals surface area contributed by atoms with Crippen LogP contribution in [0.1, 0.15) is 8.85 Å². The van der Waals surface area contributed by atoms with Gasteiger partial charge >= 0.3 is 29.6 Å². The Morgan fingerprint density at radius 3 is 1.47 bits per heavy atom. The first kappa shape index (κ1) is 48.4. The first-order valence-electron chi connectivity index (χ1n) is 12.1. The minimum atomic E-state index is -0.402. The van der Waals surface area contributed by atoms with E-state index in [2.05, 4.69) is 31.9 Å². The Bertz CT molecular complexity index is 911. The molecule has 0 atom stereocenters. The molecular formula is C27H40Br2Cl4FNaO8. The summed E-state index contributed by atoms with van der Waals surface area (Å²) < 4.78 is 49.4. The van der Waals surface area contributed by atoms with E-state index in [1.807, 2.05) is 0 Å². The largest absolute Gasteiger partial charge is 1.00 e. The molecule has 0 unspecified atom stereocenters. The van der Waals surface area contributed by atoms with E-state index in [9.17, 15) is 4.39 Å². The van der Waals surface area contributed by atoms with Gasteiger partial charge < -0.3 is 39.7 Å². The van der Waals surface area contributed by atoms with Gasteiger partial charge in [0.25, 0.3) is 0 Å². The quantitative estimate of drug-likeness (QED) is 0.0961. The third kappa shape index (κ3) is 26.7. The second-order valence-corrected chi connectivity index (χ2v) is 10.7. The van der Waals surface area contributed by atoms with Gasteiger partial charge in [-0.15, -0.1) is 0 Å². The van der Waals surface area contributed by atoms with Crippen LogP contribution in [0, 0.1) is 5.82 Å². The van der Waals surface area contributed by atoms with Crippen molar-refractivity contribution in [3.05, 3.63) is 59.1 Å². The van der Waals surface area contributed by atoms with Crippen molar-refractivity contribution >= 4 is 78.3 Å². The van der Waals surface area contributed by atoms with E-state index in [1.54, 1.807) is 26.4 Å². The van der Waals surface area contributed by atoms with E-state index in [-0.39, 0.29) is 50.0 Å². The van der Waals surface area contributed by atoms with Gasteiger partial charge in [-0.25, -0.2) is 4.39 Å². The maximum Gasteiger partial charge on any atom is 1.00 e. The molecule has 43 heavy (non-hydrogen) atoms. The summed E-state index contributed by atoms with van der Waals surface area (Å²) in [4.78, 5) is 0. The molecule has 2 rings (SSSR count). The molecule has 2 aromatic carbocycles. The molecule has 8 nitrogen and oxygen atoms in total. The summed E-state index contributed by atoms with van der Waals surface area (Å²) in [7, 11) is 3.27. The van der Waals surface area contributed by atoms with Gasteiger partial charge in [-0.2, -0.15) is 0 Å². The predicted octanol–water partition coefficient (Wildman–Crippen LogP) is 5.12. The third-order valence-electron chi connectivity index (χ3n) is 4.25. The first-order valence-corrected chi connectivity index (χ1v) is 15.2. The van der Waals surface area contributed by atoms with Crippen LogP contribution in [0.2, 0.25) is 20.1 Å². The number of aliphatic hydroxyl groups excluding tert-OH is 1. The fourth-order valence-corrected chi connectivity index (χ4v) is 4.08. The van der Waals surface area contributed by atoms with Crippen molar-refractivity contribution in [1.29, 1.82) is 0 Å². The van der Waals surface area contributed by atoms with Gasteiger partial charge in [0.15, 0.2) is 0 Å². The van der Waals surface area contributed by atoms with Crippen LogP contribution in [0.25, 0.3) is 0 Å². The second kappa shape index (κ2) is 32.9. The van der Waals surface area contributed by atoms with Crippen molar-refractivity contribution in [3.63, 3.8) is 0 Å². The van der Waals surface area contributed by atoms with Crippen LogP contribution in [0.5, 0.6) is 5.75 Å². The van der Waals surface area contributed by atoms with E-state index in [0.717, 1.165) is 6.07 Å². The van der Waals surface area contributed by atoms with Gasteiger partial charge in [-0.3, -0.25) is 0 Å². The molecule has 0 fully saturated rings. The molecule has 0 aliphatic heterocycles. The Balaban J connectivity index is -0.000000286. The van der Waals surface area contributed by atoms with Crippen LogP contribution in [0.3, 0.4) is 0 Å². The molecule has 0 radical (unpaired) electrons. The number of aliphatic hydroxyl groups is 1. The van der Waals surface area contributed by atoms with E-state index in [4.69, 9.17) is 84.7 Å². The molecule has 16 heteroatoms. The average Bonchev–Trinajstić information content (AvgIpc) is 2.94. The van der Waals surface area contributed by atoms with Gasteiger partial charge in [-0.05, 0) is 50.1 Å². The molecular weight excluding hydrogens is 796 g/mol. The summed E-state index contributed by atoms with van der Waals surface area (Å²) in [5, 5.41) is 9.80. The zero-order chi connectivity index (χ0) is 30.9. The molecule has 0 aromatic heterocycles. The van der Waals surface area contributed by atoms with E-state index < -0.39 is 5.82 Å². The smallest absolute Gasteiger partial charge is 1.00 e. The zero-order valence-corrected chi connectivity index (χ0v) is 31.9. The minimum Gasteiger partial charge on any atom is -1.00 e. The van der Waals surface area contributed by atoms with Gasteiger partial charge in [0.2, 0.25) is 0 Å². The summed E-state index contributed by atoms with van der Waals surface area (Å²) in [5.74, 6) is 0.243. The monoisotopic (exact) mass is 832 g/mol. The van der Waals surface area contributed by atoms with Crippen LogP contribution in [-0.2, 0) is 28.4 Å². The number of ether oxygens (including phenoxy) is 7. The minimum absolute atomic E-state index is 0. The topological polar surface area (TPSA) is 84.8 Å². The van der Waals surface area contributed by atoms with Crippen molar-refractivity contribution in [2.24, 2.45) is 0 Å². The van der Waals surface area contributed by atoms with E-state index in [1.165, 1.54) is 6.07 Å². The standard InChI is InChI=1S/C13H17BrCl2O4.C7H16O4.C6H2BrCl2F.CH4.Na.H/c1-17-2-3-18-4-5-19-6-7-20-10-8-11(14)13(16)12(15)9-10;1-9-4-5-11-7-6-10-3-2-8;7-4-1-3(10)2-5(8)6(4)9;;;/h8-9H,2-7H2,1H3;8H,2-7H2,1H3;1-2H;1H4;;/q;;;;+1;-1. The molecule has 1 N–H and O–H groups in total. The molecule has 0 saturated heterocycles. The summed E-state index contributed by atoms with van der Waals surface area (Å²) in [5.41, 5.74) is 0. The van der Waals surface area contributed by atoms with E-state index in [0.29, 0.717) is 102 Å². The fourth-order valence-electron chi connectivity index (χ4n) is 2.35. The fraction of sp³-hybridized carbons (Fsp3) is 0.556. The van der Waals surface area contributed by atoms with Gasteiger partial charge in [0.05, 0.1) is 92.8 Å². The molecule has 0 spiro atoms. The van der Waals surface area contributed by atoms with Crippen molar-refractivity contribution in [2.75, 3.05) is 93.5 Å². The van der Waals surface area contributed by atoms with Gasteiger partial charge in [0, 0.05) is 29.2 Å². The second-order valence-electron chi connectivity index (χ2n) is 7.39. The van der Waals surface area contributed by atoms with Crippen LogP contribution in [-0.4, -0.2) is 98.6 Å². The van der Waals surface area contributed by atoms with Gasteiger partial charge in [-0.1, -0.05) is 53.8 Å². The number of rotatable bonds is 18. The number of hydrogen-bond donors (Lipinski definition) is 1. The SMILES string of the molecule is C.COCCOCCOCCO.COCCOCCOCCOc1cc(Cl)c(Cl)c(Br)c1.Fc1cc(Cl)c(Cl)c(Br)c1.[H-].[Na+]. The maximum absolute atomic E-state index is 12.4. The van der Waals surface area contributed by atoms with Crippen molar-refractivity contribution in [3.8, 4) is 5.75 Å². The Morgan fingerprint density at radius 1 is 0.651 bits per heavy atom. The van der Waals surface area contributed by atoms with Crippen LogP contribution in [0.4, 0.5) is 4.39 Å². The molecule has 0 saturated carbocycles. The molecule has 2 aromatic rings. The molecule has 0 heterocycles. The maximum atomic E-state index is 12.4. The summed E-state index contributed by atoms with van der Waals surface area (Å²) in [6.45, 7) is 5.90. The van der Waals surface area contributed by atoms with Crippen LogP contribution >= 0.6 is 78.3 Å². The van der Waals surface area contributed by atoms with Crippen molar-refractivity contribution in [2.45, 2.75) is 7.43 Å². The summed E-state index contributed by atoms with van der Waals surface area (Å²) in [6.07, 6.45) is 0. The average molecular weight is 836 g/mol. The molecule has 0 bridgehead atoms. The van der Waals surface area contributed by atoms with Crippen LogP contribution < -0.4 is 34.3 Å². The van der Waals surface area contributed by atoms with Crippen LogP contribution in [0.15, 0.2) is 33.2 Å². The molecule has 246 valence electrons. The number of halogens is 7. The Kier molecular flexibility index (Phi) is 37.1. The number of benzene rings is 2.